The topological polar surface area (TPSA) is 118 Å². The molecular weight excluding hydrogens is 522 g/mol. The highest BCUT2D eigenvalue weighted by Gasteiger charge is 2.46. The van der Waals surface area contributed by atoms with Crippen molar-refractivity contribution < 1.29 is 28.6 Å². The molecule has 1 atom stereocenters. The molecule has 5 aromatic rings. The molecule has 1 aliphatic rings. The zero-order valence-electron chi connectivity index (χ0n) is 21.1. The molecule has 0 saturated heterocycles. The molecule has 0 aliphatic carbocycles. The molecule has 2 N–H and O–H groups in total. The summed E-state index contributed by atoms with van der Waals surface area (Å²) in [6.07, 6.45) is 0. The maximum absolute atomic E-state index is 13.9. The van der Waals surface area contributed by atoms with Crippen LogP contribution in [0.5, 0.6) is 11.5 Å². The molecule has 0 radical (unpaired) electrons. The van der Waals surface area contributed by atoms with Crippen molar-refractivity contribution in [1.82, 2.24) is 9.97 Å². The van der Waals surface area contributed by atoms with Gasteiger partial charge < -0.3 is 24.0 Å². The number of fused-ring (bicyclic) bond motifs is 2. The van der Waals surface area contributed by atoms with Crippen LogP contribution >= 0.6 is 11.6 Å². The van der Waals surface area contributed by atoms with Gasteiger partial charge in [0.05, 0.1) is 36.9 Å². The number of halogens is 1. The van der Waals surface area contributed by atoms with Crippen LogP contribution in [0.2, 0.25) is 5.02 Å². The van der Waals surface area contributed by atoms with E-state index in [4.69, 9.17) is 25.5 Å². The van der Waals surface area contributed by atoms with E-state index in [1.54, 1.807) is 42.5 Å². The number of amides is 1. The van der Waals surface area contributed by atoms with Crippen LogP contribution in [-0.2, 0) is 4.79 Å². The van der Waals surface area contributed by atoms with Crippen LogP contribution in [0, 0.1) is 6.92 Å². The number of aromatic nitrogens is 2. The molecule has 3 aromatic carbocycles. The third-order valence-corrected chi connectivity index (χ3v) is 6.95. The van der Waals surface area contributed by atoms with Crippen LogP contribution in [0.1, 0.15) is 27.7 Å². The maximum Gasteiger partial charge on any atom is 0.296 e. The number of rotatable bonds is 6. The van der Waals surface area contributed by atoms with Crippen molar-refractivity contribution >= 4 is 51.2 Å². The summed E-state index contributed by atoms with van der Waals surface area (Å²) in [5.74, 6) is -1.02. The van der Waals surface area contributed by atoms with Crippen molar-refractivity contribution in [1.29, 1.82) is 0 Å². The molecule has 9 nitrogen and oxygen atoms in total. The van der Waals surface area contributed by atoms with Gasteiger partial charge in [-0.05, 0) is 36.8 Å². The Kier molecular flexibility index (Phi) is 5.80. The number of imidazole rings is 1. The molecule has 10 heteroatoms. The minimum absolute atomic E-state index is 0.0276. The van der Waals surface area contributed by atoms with Crippen molar-refractivity contribution in [2.45, 2.75) is 13.0 Å². The second kappa shape index (κ2) is 9.21. The molecule has 0 saturated carbocycles. The van der Waals surface area contributed by atoms with E-state index in [-0.39, 0.29) is 17.3 Å². The quantitative estimate of drug-likeness (QED) is 0.249. The van der Waals surface area contributed by atoms with Crippen LogP contribution in [0.4, 0.5) is 5.95 Å². The number of ether oxygens (including phenoxy) is 2. The SMILES string of the molecule is COc1cc2nc(N3C(=O)C(O)=C(C(=O)c4cc5cc(Cl)ccc5o4)C3c3cccc(C)c3)[nH]c2cc1OC. The fraction of sp³-hybridized carbons (Fsp3) is 0.138. The van der Waals surface area contributed by atoms with Crippen LogP contribution in [0.3, 0.4) is 0 Å². The molecule has 2 aromatic heterocycles. The van der Waals surface area contributed by atoms with Crippen LogP contribution in [0.25, 0.3) is 22.0 Å². The van der Waals surface area contributed by atoms with E-state index < -0.39 is 23.5 Å². The molecule has 1 amide bonds. The highest BCUT2D eigenvalue weighted by Crippen LogP contribution is 2.43. The minimum atomic E-state index is -0.981. The summed E-state index contributed by atoms with van der Waals surface area (Å²) in [5, 5.41) is 12.2. The first-order chi connectivity index (χ1) is 18.8. The van der Waals surface area contributed by atoms with Gasteiger partial charge >= 0.3 is 0 Å². The number of H-pyrrole nitrogens is 1. The fourth-order valence-corrected chi connectivity index (χ4v) is 5.09. The average Bonchev–Trinajstić information content (AvgIpc) is 3.60. The van der Waals surface area contributed by atoms with Gasteiger partial charge in [-0.3, -0.25) is 14.5 Å². The van der Waals surface area contributed by atoms with E-state index in [2.05, 4.69) is 9.97 Å². The van der Waals surface area contributed by atoms with Gasteiger partial charge in [-0.1, -0.05) is 41.4 Å². The first kappa shape index (κ1) is 24.6. The smallest absolute Gasteiger partial charge is 0.296 e. The van der Waals surface area contributed by atoms with Gasteiger partial charge in [0.1, 0.15) is 5.58 Å². The van der Waals surface area contributed by atoms with Gasteiger partial charge in [0.2, 0.25) is 11.7 Å². The number of nitrogens with one attached hydrogen (secondary N) is 1. The van der Waals surface area contributed by atoms with Gasteiger partial charge in [0, 0.05) is 22.5 Å². The van der Waals surface area contributed by atoms with E-state index in [0.717, 1.165) is 5.56 Å². The predicted octanol–water partition coefficient (Wildman–Crippen LogP) is 6.07. The molecule has 1 unspecified atom stereocenters. The molecular formula is C29H22ClN3O6. The number of hydrogen-bond acceptors (Lipinski definition) is 7. The third kappa shape index (κ3) is 3.98. The summed E-state index contributed by atoms with van der Waals surface area (Å²) < 4.78 is 16.6. The second-order valence-electron chi connectivity index (χ2n) is 9.16. The number of benzene rings is 3. The highest BCUT2D eigenvalue weighted by atomic mass is 35.5. The molecule has 0 fully saturated rings. The summed E-state index contributed by atoms with van der Waals surface area (Å²) in [7, 11) is 3.03. The molecule has 0 spiro atoms. The zero-order valence-corrected chi connectivity index (χ0v) is 21.9. The lowest BCUT2D eigenvalue weighted by molar-refractivity contribution is -0.117. The van der Waals surface area contributed by atoms with E-state index in [1.165, 1.54) is 19.1 Å². The lowest BCUT2D eigenvalue weighted by atomic mass is 9.94. The number of aliphatic hydroxyl groups excluding tert-OH is 1. The molecule has 0 bridgehead atoms. The van der Waals surface area contributed by atoms with Crippen LogP contribution in [-0.4, -0.2) is 41.0 Å². The number of anilines is 1. The standard InChI is InChI=1S/C29H22ClN3O6/c1-14-5-4-6-15(9-14)25-24(26(34)23-11-16-10-17(30)7-8-20(16)39-23)27(35)28(36)33(25)29-31-18-12-21(37-2)22(38-3)13-19(18)32-29/h4-13,25,35H,1-3H3,(H,31,32). The summed E-state index contributed by atoms with van der Waals surface area (Å²) in [6.45, 7) is 1.90. The van der Waals surface area contributed by atoms with E-state index in [9.17, 15) is 14.7 Å². The van der Waals surface area contributed by atoms with Gasteiger partial charge in [0.15, 0.2) is 23.0 Å². The number of carbonyl (C=O) groups is 2. The monoisotopic (exact) mass is 543 g/mol. The van der Waals surface area contributed by atoms with Crippen molar-refractivity contribution in [2.24, 2.45) is 0 Å². The highest BCUT2D eigenvalue weighted by molar-refractivity contribution is 6.31. The van der Waals surface area contributed by atoms with Gasteiger partial charge in [-0.2, -0.15) is 0 Å². The molecule has 39 heavy (non-hydrogen) atoms. The molecule has 3 heterocycles. The second-order valence-corrected chi connectivity index (χ2v) is 9.60. The number of aryl methyl sites for hydroxylation is 1. The number of ketones is 1. The molecule has 196 valence electrons. The lowest BCUT2D eigenvalue weighted by Crippen LogP contribution is -2.32. The number of carbonyl (C=O) groups excluding carboxylic acids is 2. The van der Waals surface area contributed by atoms with Crippen molar-refractivity contribution in [3.63, 3.8) is 0 Å². The first-order valence-electron chi connectivity index (χ1n) is 12.0. The average molecular weight is 544 g/mol. The molecule has 1 aliphatic heterocycles. The van der Waals surface area contributed by atoms with E-state index in [0.29, 0.717) is 44.1 Å². The van der Waals surface area contributed by atoms with E-state index >= 15 is 0 Å². The Morgan fingerprint density at radius 1 is 1.08 bits per heavy atom. The maximum atomic E-state index is 13.9. The number of furan rings is 1. The number of aliphatic hydroxyl groups is 1. The van der Waals surface area contributed by atoms with Crippen LogP contribution in [0.15, 0.2) is 76.4 Å². The Morgan fingerprint density at radius 2 is 1.85 bits per heavy atom. The Hall–Kier alpha value is -4.76. The summed E-state index contributed by atoms with van der Waals surface area (Å²) in [4.78, 5) is 36.4. The first-order valence-corrected chi connectivity index (χ1v) is 12.4. The van der Waals surface area contributed by atoms with Crippen molar-refractivity contribution in [2.75, 3.05) is 19.1 Å². The van der Waals surface area contributed by atoms with Crippen LogP contribution < -0.4 is 14.4 Å². The number of aromatic amines is 1. The van der Waals surface area contributed by atoms with Gasteiger partial charge in [-0.15, -0.1) is 0 Å². The number of nitrogens with zero attached hydrogens (tertiary/aromatic N) is 2. The predicted molar refractivity (Wildman–Crippen MR) is 146 cm³/mol. The summed E-state index contributed by atoms with van der Waals surface area (Å²) >= 11 is 6.10. The normalized spacial score (nSPS) is 15.5. The summed E-state index contributed by atoms with van der Waals surface area (Å²) in [6, 6.07) is 16.3. The van der Waals surface area contributed by atoms with Crippen molar-refractivity contribution in [3.05, 3.63) is 93.9 Å². The minimum Gasteiger partial charge on any atom is -0.503 e. The Bertz CT molecular complexity index is 1790. The molecule has 6 rings (SSSR count). The largest absolute Gasteiger partial charge is 0.503 e. The third-order valence-electron chi connectivity index (χ3n) is 6.72. The van der Waals surface area contributed by atoms with Gasteiger partial charge in [-0.25, -0.2) is 4.98 Å². The fourth-order valence-electron chi connectivity index (χ4n) is 4.91. The Morgan fingerprint density at radius 3 is 2.59 bits per heavy atom. The zero-order chi connectivity index (χ0) is 27.4. The number of methoxy groups -OCH3 is 2. The summed E-state index contributed by atoms with van der Waals surface area (Å²) in [5.41, 5.74) is 2.95. The van der Waals surface area contributed by atoms with Gasteiger partial charge in [0.25, 0.3) is 5.91 Å². The Labute approximate surface area is 227 Å². The van der Waals surface area contributed by atoms with Crippen molar-refractivity contribution in [3.8, 4) is 11.5 Å². The Balaban J connectivity index is 1.50. The lowest BCUT2D eigenvalue weighted by Gasteiger charge is -2.24. The number of hydrogen-bond donors (Lipinski definition) is 2. The van der Waals surface area contributed by atoms with E-state index in [1.807, 2.05) is 25.1 Å². The number of Topliss-reactive ketones (excluding diaryl/α,β-unsaturated/α-hetero) is 1.